The van der Waals surface area contributed by atoms with Crippen LogP contribution in [-0.2, 0) is 22.1 Å². The first-order valence-electron chi connectivity index (χ1n) is 8.01. The molecule has 0 unspecified atom stereocenters. The molecule has 0 fully saturated rings. The number of methoxy groups -OCH3 is 1. The van der Waals surface area contributed by atoms with E-state index in [1.807, 2.05) is 12.1 Å². The number of esters is 1. The molecule has 0 aromatic heterocycles. The molecule has 2 rings (SSSR count). The van der Waals surface area contributed by atoms with Gasteiger partial charge in [-0.15, -0.1) is 0 Å². The van der Waals surface area contributed by atoms with Crippen LogP contribution in [-0.4, -0.2) is 19.7 Å². The van der Waals surface area contributed by atoms with E-state index in [1.165, 1.54) is 18.2 Å². The van der Waals surface area contributed by atoms with Crippen LogP contribution in [0.3, 0.4) is 0 Å². The molecule has 0 aliphatic heterocycles. The van der Waals surface area contributed by atoms with Crippen molar-refractivity contribution in [3.05, 3.63) is 71.3 Å². The summed E-state index contributed by atoms with van der Waals surface area (Å²) in [5.74, 6) is 0.162. The molecule has 0 spiro atoms. The summed E-state index contributed by atoms with van der Waals surface area (Å²) in [6, 6.07) is 12.0. The number of halogens is 3. The minimum absolute atomic E-state index is 0.220. The van der Waals surface area contributed by atoms with Crippen LogP contribution < -0.4 is 4.74 Å². The highest BCUT2D eigenvalue weighted by atomic mass is 19.4. The van der Waals surface area contributed by atoms with Gasteiger partial charge in [0.25, 0.3) is 0 Å². The molecule has 2 aromatic carbocycles. The Bertz CT molecular complexity index is 760. The molecule has 0 amide bonds. The third-order valence-corrected chi connectivity index (χ3v) is 3.72. The predicted octanol–water partition coefficient (Wildman–Crippen LogP) is 4.90. The Labute approximate surface area is 150 Å². The summed E-state index contributed by atoms with van der Waals surface area (Å²) in [6.45, 7) is 1.91. The van der Waals surface area contributed by atoms with Gasteiger partial charge in [0.15, 0.2) is 0 Å². The SMILES string of the molecule is CCOC(=O)C=C(Cc1ccc(OC)cc1)c1ccc(C(F)(F)F)cc1. The zero-order valence-corrected chi connectivity index (χ0v) is 14.5. The van der Waals surface area contributed by atoms with Gasteiger partial charge in [0.05, 0.1) is 19.3 Å². The highest BCUT2D eigenvalue weighted by Gasteiger charge is 2.30. The van der Waals surface area contributed by atoms with Crippen molar-refractivity contribution in [1.82, 2.24) is 0 Å². The molecule has 0 saturated heterocycles. The zero-order chi connectivity index (χ0) is 19.2. The smallest absolute Gasteiger partial charge is 0.416 e. The van der Waals surface area contributed by atoms with Gasteiger partial charge in [0.2, 0.25) is 0 Å². The largest absolute Gasteiger partial charge is 0.497 e. The molecule has 0 radical (unpaired) electrons. The van der Waals surface area contributed by atoms with Gasteiger partial charge in [-0.1, -0.05) is 24.3 Å². The van der Waals surface area contributed by atoms with Crippen molar-refractivity contribution in [3.8, 4) is 5.75 Å². The fourth-order valence-corrected chi connectivity index (χ4v) is 2.40. The highest BCUT2D eigenvalue weighted by molar-refractivity contribution is 5.91. The van der Waals surface area contributed by atoms with Crippen molar-refractivity contribution in [2.75, 3.05) is 13.7 Å². The summed E-state index contributed by atoms with van der Waals surface area (Å²) in [4.78, 5) is 11.8. The maximum atomic E-state index is 12.7. The molecule has 0 bridgehead atoms. The summed E-state index contributed by atoms with van der Waals surface area (Å²) in [5, 5.41) is 0. The Kier molecular flexibility index (Phi) is 6.44. The Balaban J connectivity index is 2.32. The summed E-state index contributed by atoms with van der Waals surface area (Å²) in [7, 11) is 1.56. The standard InChI is InChI=1S/C20H19F3O3/c1-3-26-19(24)13-16(12-14-4-10-18(25-2)11-5-14)15-6-8-17(9-7-15)20(21,22)23/h4-11,13H,3,12H2,1-2H3. The molecule has 0 aliphatic carbocycles. The van der Waals surface area contributed by atoms with Crippen molar-refractivity contribution in [3.63, 3.8) is 0 Å². The summed E-state index contributed by atoms with van der Waals surface area (Å²) in [5.41, 5.74) is 1.26. The maximum Gasteiger partial charge on any atom is 0.416 e. The lowest BCUT2D eigenvalue weighted by molar-refractivity contribution is -0.138. The van der Waals surface area contributed by atoms with Crippen LogP contribution in [0.15, 0.2) is 54.6 Å². The molecular formula is C20H19F3O3. The Hall–Kier alpha value is -2.76. The number of carbonyl (C=O) groups is 1. The average Bonchev–Trinajstić information content (AvgIpc) is 2.61. The van der Waals surface area contributed by atoms with E-state index < -0.39 is 17.7 Å². The minimum atomic E-state index is -4.40. The lowest BCUT2D eigenvalue weighted by Crippen LogP contribution is -2.05. The number of carbonyl (C=O) groups excluding carboxylic acids is 1. The van der Waals surface area contributed by atoms with E-state index >= 15 is 0 Å². The lowest BCUT2D eigenvalue weighted by atomic mass is 9.96. The van der Waals surface area contributed by atoms with E-state index in [1.54, 1.807) is 26.2 Å². The van der Waals surface area contributed by atoms with E-state index in [0.29, 0.717) is 23.3 Å². The van der Waals surface area contributed by atoms with Crippen LogP contribution in [0.1, 0.15) is 23.6 Å². The van der Waals surface area contributed by atoms with Gasteiger partial charge < -0.3 is 9.47 Å². The van der Waals surface area contributed by atoms with E-state index in [4.69, 9.17) is 9.47 Å². The van der Waals surface area contributed by atoms with E-state index in [2.05, 4.69) is 0 Å². The van der Waals surface area contributed by atoms with Gasteiger partial charge in [-0.3, -0.25) is 0 Å². The maximum absolute atomic E-state index is 12.7. The fraction of sp³-hybridized carbons (Fsp3) is 0.250. The predicted molar refractivity (Wildman–Crippen MR) is 92.8 cm³/mol. The molecule has 3 nitrogen and oxygen atoms in total. The summed E-state index contributed by atoms with van der Waals surface area (Å²) < 4.78 is 48.3. The first kappa shape index (κ1) is 19.6. The van der Waals surface area contributed by atoms with Crippen LogP contribution in [0.2, 0.25) is 0 Å². The van der Waals surface area contributed by atoms with Gasteiger partial charge in [-0.25, -0.2) is 4.79 Å². The first-order chi connectivity index (χ1) is 12.3. The molecule has 0 N–H and O–H groups in total. The van der Waals surface area contributed by atoms with E-state index in [9.17, 15) is 18.0 Å². The van der Waals surface area contributed by atoms with Gasteiger partial charge in [0.1, 0.15) is 5.75 Å². The number of benzene rings is 2. The number of rotatable bonds is 6. The van der Waals surface area contributed by atoms with Crippen LogP contribution in [0, 0.1) is 0 Å². The minimum Gasteiger partial charge on any atom is -0.497 e. The average molecular weight is 364 g/mol. The quantitative estimate of drug-likeness (QED) is 0.540. The summed E-state index contributed by atoms with van der Waals surface area (Å²) in [6.07, 6.45) is -2.72. The van der Waals surface area contributed by atoms with Crippen molar-refractivity contribution in [2.45, 2.75) is 19.5 Å². The first-order valence-corrected chi connectivity index (χ1v) is 8.01. The van der Waals surface area contributed by atoms with Crippen molar-refractivity contribution in [1.29, 1.82) is 0 Å². The van der Waals surface area contributed by atoms with Crippen LogP contribution >= 0.6 is 0 Å². The normalized spacial score (nSPS) is 12.0. The highest BCUT2D eigenvalue weighted by Crippen LogP contribution is 2.30. The van der Waals surface area contributed by atoms with Crippen LogP contribution in [0.25, 0.3) is 5.57 Å². The second kappa shape index (κ2) is 8.56. The molecule has 2 aromatic rings. The second-order valence-electron chi connectivity index (χ2n) is 5.52. The monoisotopic (exact) mass is 364 g/mol. The number of hydrogen-bond donors (Lipinski definition) is 0. The van der Waals surface area contributed by atoms with Gasteiger partial charge in [-0.2, -0.15) is 13.2 Å². The topological polar surface area (TPSA) is 35.5 Å². The number of hydrogen-bond acceptors (Lipinski definition) is 3. The van der Waals surface area contributed by atoms with Crippen molar-refractivity contribution >= 4 is 11.5 Å². The van der Waals surface area contributed by atoms with E-state index in [0.717, 1.165) is 17.7 Å². The molecule has 138 valence electrons. The third-order valence-electron chi connectivity index (χ3n) is 3.72. The van der Waals surface area contributed by atoms with E-state index in [-0.39, 0.29) is 6.61 Å². The van der Waals surface area contributed by atoms with Crippen molar-refractivity contribution < 1.29 is 27.4 Å². The molecule has 0 atom stereocenters. The Morgan fingerprint density at radius 3 is 2.15 bits per heavy atom. The molecule has 26 heavy (non-hydrogen) atoms. The van der Waals surface area contributed by atoms with Crippen molar-refractivity contribution in [2.24, 2.45) is 0 Å². The molecule has 0 aliphatic rings. The second-order valence-corrected chi connectivity index (χ2v) is 5.52. The Morgan fingerprint density at radius 2 is 1.65 bits per heavy atom. The molecule has 6 heteroatoms. The Morgan fingerprint density at radius 1 is 1.04 bits per heavy atom. The fourth-order valence-electron chi connectivity index (χ4n) is 2.40. The lowest BCUT2D eigenvalue weighted by Gasteiger charge is -2.11. The summed E-state index contributed by atoms with van der Waals surface area (Å²) >= 11 is 0. The molecule has 0 heterocycles. The van der Waals surface area contributed by atoms with Gasteiger partial charge in [0, 0.05) is 6.08 Å². The van der Waals surface area contributed by atoms with Crippen LogP contribution in [0.5, 0.6) is 5.75 Å². The zero-order valence-electron chi connectivity index (χ0n) is 14.5. The molecule has 0 saturated carbocycles. The van der Waals surface area contributed by atoms with Gasteiger partial charge >= 0.3 is 12.1 Å². The third kappa shape index (κ3) is 5.37. The number of alkyl halides is 3. The number of allylic oxidation sites excluding steroid dienone is 1. The van der Waals surface area contributed by atoms with Gasteiger partial charge in [-0.05, 0) is 54.3 Å². The van der Waals surface area contributed by atoms with Crippen LogP contribution in [0.4, 0.5) is 13.2 Å². The number of ether oxygens (including phenoxy) is 2. The molecular weight excluding hydrogens is 345 g/mol.